The fourth-order valence-electron chi connectivity index (χ4n) is 2.55. The second kappa shape index (κ2) is 8.96. The van der Waals surface area contributed by atoms with Crippen LogP contribution in [0, 0.1) is 0 Å². The highest BCUT2D eigenvalue weighted by molar-refractivity contribution is 6.30. The molecule has 3 rings (SSSR count). The van der Waals surface area contributed by atoms with E-state index in [2.05, 4.69) is 15.6 Å². The minimum absolute atomic E-state index is 0.136. The number of carbonyl (C=O) groups is 2. The summed E-state index contributed by atoms with van der Waals surface area (Å²) in [4.78, 5) is 28.4. The van der Waals surface area contributed by atoms with Crippen molar-refractivity contribution in [2.24, 2.45) is 0 Å². The van der Waals surface area contributed by atoms with Crippen molar-refractivity contribution in [3.8, 4) is 0 Å². The average Bonchev–Trinajstić information content (AvgIpc) is 2.69. The molecule has 0 unspecified atom stereocenters. The van der Waals surface area contributed by atoms with Crippen molar-refractivity contribution in [1.29, 1.82) is 0 Å². The number of nitrogens with zero attached hydrogens (tertiary/aromatic N) is 1. The van der Waals surface area contributed by atoms with Crippen LogP contribution >= 0.6 is 11.6 Å². The Kier molecular flexibility index (Phi) is 6.18. The predicted octanol–water partition coefficient (Wildman–Crippen LogP) is 3.85. The molecule has 0 aliphatic heterocycles. The molecule has 6 heteroatoms. The number of rotatable bonds is 6. The Bertz CT molecular complexity index is 928. The highest BCUT2D eigenvalue weighted by Crippen LogP contribution is 2.16. The lowest BCUT2D eigenvalue weighted by Crippen LogP contribution is -2.24. The molecule has 2 N–H and O–H groups in total. The number of nitrogens with one attached hydrogen (secondary N) is 2. The van der Waals surface area contributed by atoms with E-state index < -0.39 is 0 Å². The van der Waals surface area contributed by atoms with Gasteiger partial charge in [0, 0.05) is 29.6 Å². The monoisotopic (exact) mass is 379 g/mol. The van der Waals surface area contributed by atoms with Gasteiger partial charge in [-0.2, -0.15) is 0 Å². The van der Waals surface area contributed by atoms with Gasteiger partial charge in [-0.1, -0.05) is 41.9 Å². The number of para-hydroxylation sites is 1. The van der Waals surface area contributed by atoms with Gasteiger partial charge in [0.25, 0.3) is 5.91 Å². The van der Waals surface area contributed by atoms with E-state index in [9.17, 15) is 9.59 Å². The van der Waals surface area contributed by atoms with Crippen molar-refractivity contribution >= 4 is 29.1 Å². The standard InChI is InChI=1S/C21H18ClN3O2/c22-18-9-7-15(8-10-18)12-20(26)25-19-6-2-1-4-16(19)14-24-21(27)17-5-3-11-23-13-17/h1-11,13H,12,14H2,(H,24,27)(H,25,26). The smallest absolute Gasteiger partial charge is 0.253 e. The number of benzene rings is 2. The van der Waals surface area contributed by atoms with Crippen molar-refractivity contribution in [2.45, 2.75) is 13.0 Å². The van der Waals surface area contributed by atoms with Gasteiger partial charge in [-0.05, 0) is 41.5 Å². The van der Waals surface area contributed by atoms with Gasteiger partial charge in [-0.15, -0.1) is 0 Å². The Morgan fingerprint density at radius 2 is 1.74 bits per heavy atom. The van der Waals surface area contributed by atoms with Crippen molar-refractivity contribution < 1.29 is 9.59 Å². The third-order valence-electron chi connectivity index (χ3n) is 3.93. The van der Waals surface area contributed by atoms with E-state index in [0.29, 0.717) is 22.8 Å². The minimum Gasteiger partial charge on any atom is -0.348 e. The Labute approximate surface area is 162 Å². The molecule has 0 saturated heterocycles. The normalized spacial score (nSPS) is 10.3. The summed E-state index contributed by atoms with van der Waals surface area (Å²) in [6.45, 7) is 0.297. The fraction of sp³-hybridized carbons (Fsp3) is 0.0952. The zero-order chi connectivity index (χ0) is 19.1. The lowest BCUT2D eigenvalue weighted by molar-refractivity contribution is -0.115. The van der Waals surface area contributed by atoms with Crippen molar-refractivity contribution in [3.63, 3.8) is 0 Å². The summed E-state index contributed by atoms with van der Waals surface area (Å²) in [6.07, 6.45) is 3.37. The number of amides is 2. The third-order valence-corrected chi connectivity index (χ3v) is 4.18. The summed E-state index contributed by atoms with van der Waals surface area (Å²) in [5.41, 5.74) is 2.85. The van der Waals surface area contributed by atoms with Gasteiger partial charge >= 0.3 is 0 Å². The molecule has 0 radical (unpaired) electrons. The van der Waals surface area contributed by atoms with Crippen LogP contribution in [0.4, 0.5) is 5.69 Å². The highest BCUT2D eigenvalue weighted by atomic mass is 35.5. The van der Waals surface area contributed by atoms with E-state index in [1.54, 1.807) is 30.5 Å². The van der Waals surface area contributed by atoms with Gasteiger partial charge in [0.2, 0.25) is 5.91 Å². The summed E-state index contributed by atoms with van der Waals surface area (Å²) in [6, 6.07) is 17.9. The maximum absolute atomic E-state index is 12.3. The van der Waals surface area contributed by atoms with Gasteiger partial charge < -0.3 is 10.6 Å². The Balaban J connectivity index is 1.62. The second-order valence-electron chi connectivity index (χ2n) is 5.93. The van der Waals surface area contributed by atoms with Gasteiger partial charge in [0.15, 0.2) is 0 Å². The number of anilines is 1. The molecule has 0 aliphatic rings. The number of hydrogen-bond donors (Lipinski definition) is 2. The van der Waals surface area contributed by atoms with Gasteiger partial charge in [-0.3, -0.25) is 14.6 Å². The van der Waals surface area contributed by atoms with Crippen LogP contribution in [0.5, 0.6) is 0 Å². The molecule has 3 aromatic rings. The Morgan fingerprint density at radius 3 is 2.48 bits per heavy atom. The van der Waals surface area contributed by atoms with E-state index in [0.717, 1.165) is 11.1 Å². The maximum Gasteiger partial charge on any atom is 0.253 e. The third kappa shape index (κ3) is 5.39. The van der Waals surface area contributed by atoms with Crippen LogP contribution in [0.3, 0.4) is 0 Å². The summed E-state index contributed by atoms with van der Waals surface area (Å²) >= 11 is 5.86. The first-order valence-corrected chi connectivity index (χ1v) is 8.80. The van der Waals surface area contributed by atoms with E-state index in [4.69, 9.17) is 11.6 Å². The predicted molar refractivity (Wildman–Crippen MR) is 106 cm³/mol. The number of carbonyl (C=O) groups excluding carboxylic acids is 2. The van der Waals surface area contributed by atoms with Crippen molar-refractivity contribution in [2.75, 3.05) is 5.32 Å². The van der Waals surface area contributed by atoms with E-state index in [1.165, 1.54) is 6.20 Å². The minimum atomic E-state index is -0.217. The van der Waals surface area contributed by atoms with Crippen LogP contribution in [0.1, 0.15) is 21.5 Å². The van der Waals surface area contributed by atoms with E-state index in [1.807, 2.05) is 36.4 Å². The molecule has 0 aliphatic carbocycles. The quantitative estimate of drug-likeness (QED) is 0.683. The lowest BCUT2D eigenvalue weighted by Gasteiger charge is -2.12. The van der Waals surface area contributed by atoms with Crippen LogP contribution < -0.4 is 10.6 Å². The molecule has 0 spiro atoms. The largest absolute Gasteiger partial charge is 0.348 e. The van der Waals surface area contributed by atoms with Crippen LogP contribution in [0.15, 0.2) is 73.1 Å². The molecule has 1 aromatic heterocycles. The summed E-state index contributed by atoms with van der Waals surface area (Å²) < 4.78 is 0. The van der Waals surface area contributed by atoms with Crippen molar-refractivity contribution in [3.05, 3.63) is 94.8 Å². The molecule has 0 fully saturated rings. The first-order valence-electron chi connectivity index (χ1n) is 8.42. The fourth-order valence-corrected chi connectivity index (χ4v) is 2.68. The number of aromatic nitrogens is 1. The Hall–Kier alpha value is -3.18. The summed E-state index contributed by atoms with van der Waals surface area (Å²) in [5, 5.41) is 6.37. The molecule has 27 heavy (non-hydrogen) atoms. The molecule has 5 nitrogen and oxygen atoms in total. The van der Waals surface area contributed by atoms with Crippen molar-refractivity contribution in [1.82, 2.24) is 10.3 Å². The zero-order valence-corrected chi connectivity index (χ0v) is 15.2. The second-order valence-corrected chi connectivity index (χ2v) is 6.37. The topological polar surface area (TPSA) is 71.1 Å². The van der Waals surface area contributed by atoms with Gasteiger partial charge in [0.05, 0.1) is 12.0 Å². The maximum atomic E-state index is 12.3. The molecule has 0 atom stereocenters. The molecular weight excluding hydrogens is 362 g/mol. The zero-order valence-electron chi connectivity index (χ0n) is 14.5. The van der Waals surface area contributed by atoms with Gasteiger partial charge in [0.1, 0.15) is 0 Å². The number of pyridine rings is 1. The molecule has 0 saturated carbocycles. The number of hydrogen-bond acceptors (Lipinski definition) is 3. The first-order chi connectivity index (χ1) is 13.1. The van der Waals surface area contributed by atoms with Gasteiger partial charge in [-0.25, -0.2) is 0 Å². The SMILES string of the molecule is O=C(Cc1ccc(Cl)cc1)Nc1ccccc1CNC(=O)c1cccnc1. The molecule has 1 heterocycles. The van der Waals surface area contributed by atoms with Crippen LogP contribution in [0.25, 0.3) is 0 Å². The molecule has 2 aromatic carbocycles. The molecule has 0 bridgehead atoms. The van der Waals surface area contributed by atoms with E-state index in [-0.39, 0.29) is 18.2 Å². The molecule has 136 valence electrons. The van der Waals surface area contributed by atoms with Crippen LogP contribution in [-0.2, 0) is 17.8 Å². The van der Waals surface area contributed by atoms with Crippen LogP contribution in [0.2, 0.25) is 5.02 Å². The molecule has 2 amide bonds. The average molecular weight is 380 g/mol. The number of halogens is 1. The lowest BCUT2D eigenvalue weighted by atomic mass is 10.1. The summed E-state index contributed by atoms with van der Waals surface area (Å²) in [7, 11) is 0. The Morgan fingerprint density at radius 1 is 0.963 bits per heavy atom. The van der Waals surface area contributed by atoms with E-state index >= 15 is 0 Å². The van der Waals surface area contributed by atoms with Crippen LogP contribution in [-0.4, -0.2) is 16.8 Å². The molecular formula is C21H18ClN3O2. The highest BCUT2D eigenvalue weighted by Gasteiger charge is 2.10. The summed E-state index contributed by atoms with van der Waals surface area (Å²) in [5.74, 6) is -0.353. The first kappa shape index (κ1) is 18.6.